The molecule has 3 rings (SSSR count). The third-order valence-corrected chi connectivity index (χ3v) is 5.25. The highest BCUT2D eigenvalue weighted by Gasteiger charge is 2.39. The molecule has 1 aliphatic rings. The molecule has 1 N–H and O–H groups in total. The molecular weight excluding hydrogens is 326 g/mol. The lowest BCUT2D eigenvalue weighted by atomic mass is 9.80. The number of aromatic nitrogens is 2. The number of carbonyl (C=O) groups excluding carboxylic acids is 1. The summed E-state index contributed by atoms with van der Waals surface area (Å²) in [4.78, 5) is 17.1. The summed E-state index contributed by atoms with van der Waals surface area (Å²) in [6.45, 7) is 3.99. The molecule has 1 aromatic carbocycles. The van der Waals surface area contributed by atoms with E-state index in [1.54, 1.807) is 6.92 Å². The van der Waals surface area contributed by atoms with Crippen LogP contribution in [0.2, 0.25) is 0 Å². The maximum Gasteiger partial charge on any atom is 0.225 e. The van der Waals surface area contributed by atoms with Crippen LogP contribution in [0.15, 0.2) is 28.8 Å². The Balaban J connectivity index is 1.66. The van der Waals surface area contributed by atoms with Crippen molar-refractivity contribution in [3.63, 3.8) is 0 Å². The smallest absolute Gasteiger partial charge is 0.225 e. The fraction of sp³-hybridized carbons (Fsp3) is 0.571. The monoisotopic (exact) mass is 355 g/mol. The van der Waals surface area contributed by atoms with E-state index < -0.39 is 5.54 Å². The van der Waals surface area contributed by atoms with Crippen molar-refractivity contribution in [2.24, 2.45) is 0 Å². The predicted molar refractivity (Wildman–Crippen MR) is 101 cm³/mol. The fourth-order valence-corrected chi connectivity index (χ4v) is 3.75. The van der Waals surface area contributed by atoms with E-state index in [-0.39, 0.29) is 5.91 Å². The minimum Gasteiger partial charge on any atom is -0.343 e. The van der Waals surface area contributed by atoms with Crippen LogP contribution < -0.4 is 5.32 Å². The Morgan fingerprint density at radius 1 is 1.15 bits per heavy atom. The van der Waals surface area contributed by atoms with Gasteiger partial charge >= 0.3 is 0 Å². The van der Waals surface area contributed by atoms with Gasteiger partial charge in [-0.25, -0.2) is 0 Å². The molecule has 26 heavy (non-hydrogen) atoms. The molecule has 1 fully saturated rings. The molecule has 1 saturated carbocycles. The van der Waals surface area contributed by atoms with Gasteiger partial charge in [-0.05, 0) is 36.8 Å². The highest BCUT2D eigenvalue weighted by molar-refractivity contribution is 5.79. The van der Waals surface area contributed by atoms with Crippen molar-refractivity contribution >= 4 is 5.91 Å². The molecule has 0 atom stereocenters. The van der Waals surface area contributed by atoms with E-state index in [2.05, 4.69) is 46.6 Å². The Bertz CT molecular complexity index is 715. The molecule has 2 aromatic rings. The fourth-order valence-electron chi connectivity index (χ4n) is 3.75. The highest BCUT2D eigenvalue weighted by Crippen LogP contribution is 2.35. The summed E-state index contributed by atoms with van der Waals surface area (Å²) in [5, 5.41) is 7.35. The summed E-state index contributed by atoms with van der Waals surface area (Å²) in [5.41, 5.74) is 1.90. The topological polar surface area (TPSA) is 68.0 Å². The van der Waals surface area contributed by atoms with E-state index in [1.807, 2.05) is 0 Å². The van der Waals surface area contributed by atoms with Crippen LogP contribution in [0.5, 0.6) is 0 Å². The van der Waals surface area contributed by atoms with Crippen LogP contribution >= 0.6 is 0 Å². The number of carbonyl (C=O) groups is 1. The second-order valence-corrected chi connectivity index (χ2v) is 7.42. The van der Waals surface area contributed by atoms with Crippen LogP contribution in [-0.2, 0) is 23.2 Å². The van der Waals surface area contributed by atoms with Gasteiger partial charge < -0.3 is 9.84 Å². The number of nitrogens with one attached hydrogen (secondary N) is 1. The molecule has 0 aliphatic heterocycles. The van der Waals surface area contributed by atoms with Gasteiger partial charge in [-0.15, -0.1) is 0 Å². The first-order valence-corrected chi connectivity index (χ1v) is 9.81. The number of hydrogen-bond donors (Lipinski definition) is 1. The van der Waals surface area contributed by atoms with Gasteiger partial charge in [0.1, 0.15) is 5.54 Å². The average molecular weight is 355 g/mol. The maximum atomic E-state index is 12.7. The molecule has 1 aromatic heterocycles. The van der Waals surface area contributed by atoms with Gasteiger partial charge in [-0.1, -0.05) is 62.0 Å². The molecule has 1 heterocycles. The summed E-state index contributed by atoms with van der Waals surface area (Å²) >= 11 is 0. The third-order valence-electron chi connectivity index (χ3n) is 5.25. The van der Waals surface area contributed by atoms with Gasteiger partial charge in [-0.3, -0.25) is 4.79 Å². The van der Waals surface area contributed by atoms with Crippen molar-refractivity contribution in [1.82, 2.24) is 15.5 Å². The number of unbranched alkanes of at least 4 members (excludes halogenated alkanes) is 1. The molecule has 1 aliphatic carbocycles. The van der Waals surface area contributed by atoms with Crippen molar-refractivity contribution in [2.45, 2.75) is 77.2 Å². The van der Waals surface area contributed by atoms with Gasteiger partial charge in [0, 0.05) is 6.92 Å². The summed E-state index contributed by atoms with van der Waals surface area (Å²) in [6, 6.07) is 8.40. The first-order valence-electron chi connectivity index (χ1n) is 9.81. The van der Waals surface area contributed by atoms with Crippen molar-refractivity contribution in [3.8, 4) is 0 Å². The summed E-state index contributed by atoms with van der Waals surface area (Å²) < 4.78 is 5.18. The number of rotatable bonds is 7. The zero-order valence-electron chi connectivity index (χ0n) is 15.9. The normalized spacial score (nSPS) is 16.4. The van der Waals surface area contributed by atoms with E-state index in [0.717, 1.165) is 37.7 Å². The Morgan fingerprint density at radius 2 is 1.85 bits per heavy atom. The standard InChI is InChI=1S/C21H29N3O2/c1-3-4-8-17-9-11-18(12-10-17)15-19(25)23-21(13-6-5-7-14-21)20-22-16(2)26-24-20/h9-12H,3-8,13-15H2,1-2H3,(H,23,25). The van der Waals surface area contributed by atoms with Gasteiger partial charge in [0.15, 0.2) is 5.82 Å². The first-order chi connectivity index (χ1) is 12.6. The molecular formula is C21H29N3O2. The van der Waals surface area contributed by atoms with Crippen LogP contribution in [0, 0.1) is 6.92 Å². The highest BCUT2D eigenvalue weighted by atomic mass is 16.5. The van der Waals surface area contributed by atoms with Crippen LogP contribution in [-0.4, -0.2) is 16.0 Å². The lowest BCUT2D eigenvalue weighted by molar-refractivity contribution is -0.123. The molecule has 5 heteroatoms. The quantitative estimate of drug-likeness (QED) is 0.806. The second-order valence-electron chi connectivity index (χ2n) is 7.42. The zero-order valence-corrected chi connectivity index (χ0v) is 15.9. The van der Waals surface area contributed by atoms with Crippen LogP contribution in [0.3, 0.4) is 0 Å². The van der Waals surface area contributed by atoms with Crippen LogP contribution in [0.25, 0.3) is 0 Å². The van der Waals surface area contributed by atoms with Crippen LogP contribution in [0.1, 0.15) is 74.7 Å². The van der Waals surface area contributed by atoms with Gasteiger partial charge in [0.2, 0.25) is 11.8 Å². The van der Waals surface area contributed by atoms with E-state index in [9.17, 15) is 4.79 Å². The van der Waals surface area contributed by atoms with E-state index in [4.69, 9.17) is 4.52 Å². The summed E-state index contributed by atoms with van der Waals surface area (Å²) in [7, 11) is 0. The molecule has 0 spiro atoms. The molecule has 0 saturated heterocycles. The van der Waals surface area contributed by atoms with Gasteiger partial charge in [0.05, 0.1) is 6.42 Å². The van der Waals surface area contributed by atoms with Crippen molar-refractivity contribution in [3.05, 3.63) is 47.1 Å². The van der Waals surface area contributed by atoms with Gasteiger partial charge in [-0.2, -0.15) is 4.98 Å². The van der Waals surface area contributed by atoms with Crippen LogP contribution in [0.4, 0.5) is 0 Å². The first kappa shape index (κ1) is 18.6. The predicted octanol–water partition coefficient (Wildman–Crippen LogP) is 4.24. The maximum absolute atomic E-state index is 12.7. The minimum absolute atomic E-state index is 0.0238. The molecule has 0 bridgehead atoms. The van der Waals surface area contributed by atoms with Crippen molar-refractivity contribution in [2.75, 3.05) is 0 Å². The molecule has 1 amide bonds. The van der Waals surface area contributed by atoms with Crippen molar-refractivity contribution in [1.29, 1.82) is 0 Å². The van der Waals surface area contributed by atoms with E-state index in [1.165, 1.54) is 24.8 Å². The zero-order chi connectivity index (χ0) is 18.4. The SMILES string of the molecule is CCCCc1ccc(CC(=O)NC2(c3noc(C)n3)CCCCC2)cc1. The molecule has 5 nitrogen and oxygen atoms in total. The second kappa shape index (κ2) is 8.47. The largest absolute Gasteiger partial charge is 0.343 e. The number of hydrogen-bond acceptors (Lipinski definition) is 4. The van der Waals surface area contributed by atoms with Crippen molar-refractivity contribution < 1.29 is 9.32 Å². The average Bonchev–Trinajstić information content (AvgIpc) is 3.09. The number of benzene rings is 1. The number of amides is 1. The lowest BCUT2D eigenvalue weighted by Gasteiger charge is -2.35. The number of nitrogens with zero attached hydrogens (tertiary/aromatic N) is 2. The summed E-state index contributed by atoms with van der Waals surface area (Å²) in [6.07, 6.45) is 8.94. The Hall–Kier alpha value is -2.17. The van der Waals surface area contributed by atoms with Gasteiger partial charge in [0.25, 0.3) is 0 Å². The third kappa shape index (κ3) is 4.51. The molecule has 0 radical (unpaired) electrons. The minimum atomic E-state index is -0.478. The summed E-state index contributed by atoms with van der Waals surface area (Å²) in [5.74, 6) is 1.19. The lowest BCUT2D eigenvalue weighted by Crippen LogP contribution is -2.48. The Labute approximate surface area is 155 Å². The van der Waals surface area contributed by atoms with E-state index in [0.29, 0.717) is 18.1 Å². The van der Waals surface area contributed by atoms with E-state index >= 15 is 0 Å². The number of aryl methyl sites for hydroxylation is 2. The Kier molecular flexibility index (Phi) is 6.07. The Morgan fingerprint density at radius 3 is 2.46 bits per heavy atom. The molecule has 140 valence electrons. The molecule has 0 unspecified atom stereocenters.